The van der Waals surface area contributed by atoms with Gasteiger partial charge in [0, 0.05) is 17.3 Å². The Morgan fingerprint density at radius 2 is 1.86 bits per heavy atom. The normalized spacial score (nSPS) is 11.5. The number of carbonyl (C=O) groups excluding carboxylic acids is 1. The Morgan fingerprint density at radius 3 is 2.48 bits per heavy atom. The largest absolute Gasteiger partial charge is 0.494 e. The Labute approximate surface area is 166 Å². The lowest BCUT2D eigenvalue weighted by Crippen LogP contribution is -2.14. The summed E-state index contributed by atoms with van der Waals surface area (Å²) >= 11 is 0. The molecule has 0 fully saturated rings. The molecule has 0 aromatic heterocycles. The second-order valence-corrected chi connectivity index (χ2v) is 5.77. The number of hydrogen-bond acceptors (Lipinski definition) is 4. The van der Waals surface area contributed by atoms with E-state index in [1.807, 2.05) is 6.92 Å². The Balaban J connectivity index is 2.30. The number of alkyl halides is 3. The molecule has 5 nitrogen and oxygen atoms in total. The molecular weight excluding hydrogens is 385 g/mol. The highest BCUT2D eigenvalue weighted by atomic mass is 19.4. The van der Waals surface area contributed by atoms with Gasteiger partial charge in [-0.2, -0.15) is 18.4 Å². The molecule has 0 heterocycles. The van der Waals surface area contributed by atoms with Crippen molar-refractivity contribution in [3.8, 4) is 17.6 Å². The van der Waals surface area contributed by atoms with Crippen LogP contribution < -0.4 is 14.8 Å². The van der Waals surface area contributed by atoms with Gasteiger partial charge in [-0.15, -0.1) is 0 Å². The Morgan fingerprint density at radius 1 is 1.14 bits per heavy atom. The van der Waals surface area contributed by atoms with Gasteiger partial charge in [0.15, 0.2) is 0 Å². The lowest BCUT2D eigenvalue weighted by molar-refractivity contribution is -0.137. The van der Waals surface area contributed by atoms with Gasteiger partial charge >= 0.3 is 6.18 Å². The molecule has 0 spiro atoms. The van der Waals surface area contributed by atoms with E-state index >= 15 is 0 Å². The molecule has 0 aliphatic carbocycles. The van der Waals surface area contributed by atoms with Gasteiger partial charge in [-0.1, -0.05) is 6.07 Å². The summed E-state index contributed by atoms with van der Waals surface area (Å²) in [7, 11) is 0. The Kier molecular flexibility index (Phi) is 7.26. The number of ether oxygens (including phenoxy) is 2. The van der Waals surface area contributed by atoms with Crippen molar-refractivity contribution in [2.24, 2.45) is 0 Å². The van der Waals surface area contributed by atoms with E-state index < -0.39 is 17.6 Å². The van der Waals surface area contributed by atoms with E-state index in [4.69, 9.17) is 9.47 Å². The number of nitrogens with zero attached hydrogens (tertiary/aromatic N) is 1. The zero-order valence-corrected chi connectivity index (χ0v) is 15.8. The fourth-order valence-corrected chi connectivity index (χ4v) is 2.45. The van der Waals surface area contributed by atoms with Crippen molar-refractivity contribution in [3.63, 3.8) is 0 Å². The van der Waals surface area contributed by atoms with E-state index in [2.05, 4.69) is 5.32 Å². The van der Waals surface area contributed by atoms with Crippen LogP contribution in [0.25, 0.3) is 6.08 Å². The smallest absolute Gasteiger partial charge is 0.416 e. The van der Waals surface area contributed by atoms with Crippen molar-refractivity contribution in [3.05, 3.63) is 59.2 Å². The van der Waals surface area contributed by atoms with Crippen LogP contribution in [0, 0.1) is 11.3 Å². The van der Waals surface area contributed by atoms with E-state index in [1.54, 1.807) is 31.2 Å². The van der Waals surface area contributed by atoms with Crippen molar-refractivity contribution in [2.75, 3.05) is 18.5 Å². The predicted octanol–water partition coefficient (Wildman–Crippen LogP) is 5.05. The van der Waals surface area contributed by atoms with Crippen molar-refractivity contribution in [2.45, 2.75) is 20.0 Å². The fourth-order valence-electron chi connectivity index (χ4n) is 2.45. The SMILES string of the molecule is CCOc1ccc(/C=C(\C#N)C(=O)Nc2cccc(C(F)(F)F)c2)c(OCC)c1. The van der Waals surface area contributed by atoms with Crippen molar-refractivity contribution >= 4 is 17.7 Å². The van der Waals surface area contributed by atoms with Crippen LogP contribution in [0.15, 0.2) is 48.0 Å². The first-order chi connectivity index (χ1) is 13.8. The van der Waals surface area contributed by atoms with Crippen molar-refractivity contribution < 1.29 is 27.4 Å². The zero-order chi connectivity index (χ0) is 21.4. The van der Waals surface area contributed by atoms with Crippen LogP contribution in [0.4, 0.5) is 18.9 Å². The minimum absolute atomic E-state index is 0.0669. The lowest BCUT2D eigenvalue weighted by Gasteiger charge is -2.11. The molecule has 0 saturated carbocycles. The van der Waals surface area contributed by atoms with Gasteiger partial charge in [-0.3, -0.25) is 4.79 Å². The summed E-state index contributed by atoms with van der Waals surface area (Å²) in [6, 6.07) is 10.9. The second kappa shape index (κ2) is 9.64. The average Bonchev–Trinajstić information content (AvgIpc) is 2.67. The summed E-state index contributed by atoms with van der Waals surface area (Å²) in [5.74, 6) is 0.154. The average molecular weight is 404 g/mol. The van der Waals surface area contributed by atoms with E-state index in [-0.39, 0.29) is 11.3 Å². The summed E-state index contributed by atoms with van der Waals surface area (Å²) in [6.07, 6.45) is -3.23. The minimum atomic E-state index is -4.54. The summed E-state index contributed by atoms with van der Waals surface area (Å²) in [5, 5.41) is 11.7. The van der Waals surface area contributed by atoms with Crippen LogP contribution in [0.1, 0.15) is 25.0 Å². The molecule has 2 aromatic carbocycles. The molecule has 0 radical (unpaired) electrons. The number of rotatable bonds is 7. The van der Waals surface area contributed by atoms with E-state index in [0.717, 1.165) is 12.1 Å². The second-order valence-electron chi connectivity index (χ2n) is 5.77. The molecule has 0 saturated heterocycles. The summed E-state index contributed by atoms with van der Waals surface area (Å²) in [5.41, 5.74) is -0.788. The summed E-state index contributed by atoms with van der Waals surface area (Å²) in [6.45, 7) is 4.44. The number of carbonyl (C=O) groups is 1. The fraction of sp³-hybridized carbons (Fsp3) is 0.238. The number of hydrogen-bond donors (Lipinski definition) is 1. The van der Waals surface area contributed by atoms with E-state index in [9.17, 15) is 23.2 Å². The van der Waals surface area contributed by atoms with Crippen molar-refractivity contribution in [1.29, 1.82) is 5.26 Å². The first-order valence-corrected chi connectivity index (χ1v) is 8.78. The molecule has 2 rings (SSSR count). The Bertz CT molecular complexity index is 947. The molecule has 0 atom stereocenters. The summed E-state index contributed by atoms with van der Waals surface area (Å²) in [4.78, 5) is 12.4. The molecule has 2 aromatic rings. The molecule has 0 aliphatic rings. The van der Waals surface area contributed by atoms with Gasteiger partial charge in [0.05, 0.1) is 18.8 Å². The highest BCUT2D eigenvalue weighted by Crippen LogP contribution is 2.31. The molecule has 0 bridgehead atoms. The van der Waals surface area contributed by atoms with Crippen LogP contribution in [-0.2, 0) is 11.0 Å². The van der Waals surface area contributed by atoms with E-state index in [1.165, 1.54) is 18.2 Å². The molecule has 0 aliphatic heterocycles. The highest BCUT2D eigenvalue weighted by molar-refractivity contribution is 6.09. The number of nitriles is 1. The molecule has 152 valence electrons. The van der Waals surface area contributed by atoms with Gasteiger partial charge < -0.3 is 14.8 Å². The number of anilines is 1. The van der Waals surface area contributed by atoms with Crippen LogP contribution in [0.2, 0.25) is 0 Å². The monoisotopic (exact) mass is 404 g/mol. The number of benzene rings is 2. The molecule has 29 heavy (non-hydrogen) atoms. The minimum Gasteiger partial charge on any atom is -0.494 e. The van der Waals surface area contributed by atoms with Gasteiger partial charge in [-0.25, -0.2) is 0 Å². The standard InChI is InChI=1S/C21H19F3N2O3/c1-3-28-18-9-8-14(19(12-18)29-4-2)10-15(13-25)20(27)26-17-7-5-6-16(11-17)21(22,23)24/h5-12H,3-4H2,1-2H3,(H,26,27)/b15-10+. The lowest BCUT2D eigenvalue weighted by atomic mass is 10.1. The van der Waals surface area contributed by atoms with Crippen molar-refractivity contribution in [1.82, 2.24) is 0 Å². The first kappa shape index (κ1) is 21.8. The third-order valence-corrected chi connectivity index (χ3v) is 3.71. The maximum Gasteiger partial charge on any atom is 0.416 e. The van der Waals surface area contributed by atoms with Crippen LogP contribution >= 0.6 is 0 Å². The first-order valence-electron chi connectivity index (χ1n) is 8.78. The molecule has 1 amide bonds. The quantitative estimate of drug-likeness (QED) is 0.518. The predicted molar refractivity (Wildman–Crippen MR) is 102 cm³/mol. The van der Waals surface area contributed by atoms with Gasteiger partial charge in [0.1, 0.15) is 23.1 Å². The molecule has 8 heteroatoms. The number of amides is 1. The maximum absolute atomic E-state index is 12.8. The van der Waals surface area contributed by atoms with Gasteiger partial charge in [0.25, 0.3) is 5.91 Å². The summed E-state index contributed by atoms with van der Waals surface area (Å²) < 4.78 is 49.4. The highest BCUT2D eigenvalue weighted by Gasteiger charge is 2.30. The third kappa shape index (κ3) is 6.01. The zero-order valence-electron chi connectivity index (χ0n) is 15.8. The van der Waals surface area contributed by atoms with E-state index in [0.29, 0.717) is 30.3 Å². The van der Waals surface area contributed by atoms with Crippen LogP contribution in [-0.4, -0.2) is 19.1 Å². The number of nitrogens with one attached hydrogen (secondary N) is 1. The molecule has 0 unspecified atom stereocenters. The Hall–Kier alpha value is -3.47. The van der Waals surface area contributed by atoms with Crippen LogP contribution in [0.3, 0.4) is 0 Å². The topological polar surface area (TPSA) is 71.3 Å². The molecular formula is C21H19F3N2O3. The van der Waals surface area contributed by atoms with Crippen LogP contribution in [0.5, 0.6) is 11.5 Å². The van der Waals surface area contributed by atoms with Gasteiger partial charge in [0.2, 0.25) is 0 Å². The number of halogens is 3. The maximum atomic E-state index is 12.8. The van der Waals surface area contributed by atoms with Gasteiger partial charge in [-0.05, 0) is 50.3 Å². The third-order valence-electron chi connectivity index (χ3n) is 3.71. The molecule has 1 N–H and O–H groups in total.